The first-order chi connectivity index (χ1) is 10.8. The van der Waals surface area contributed by atoms with E-state index in [2.05, 4.69) is 16.7 Å². The molecular weight excluding hydrogens is 288 g/mol. The van der Waals surface area contributed by atoms with Gasteiger partial charge < -0.3 is 10.6 Å². The fourth-order valence-electron chi connectivity index (χ4n) is 2.24. The highest BCUT2D eigenvalue weighted by molar-refractivity contribution is 6.04. The second-order valence-corrected chi connectivity index (χ2v) is 6.05. The highest BCUT2D eigenvalue weighted by atomic mass is 16.2. The first-order valence-electron chi connectivity index (χ1n) is 7.66. The lowest BCUT2D eigenvalue weighted by molar-refractivity contribution is -0.118. The molecule has 0 unspecified atom stereocenters. The number of anilines is 2. The maximum absolute atomic E-state index is 12.3. The maximum Gasteiger partial charge on any atom is 0.255 e. The molecule has 0 heterocycles. The Labute approximate surface area is 136 Å². The summed E-state index contributed by atoms with van der Waals surface area (Å²) >= 11 is 0. The van der Waals surface area contributed by atoms with Crippen molar-refractivity contribution in [3.05, 3.63) is 59.2 Å². The summed E-state index contributed by atoms with van der Waals surface area (Å²) in [4.78, 5) is 23.9. The number of hydrogen-bond donors (Lipinski definition) is 2. The predicted molar refractivity (Wildman–Crippen MR) is 93.8 cm³/mol. The van der Waals surface area contributed by atoms with Crippen molar-refractivity contribution in [1.82, 2.24) is 0 Å². The molecule has 4 heteroatoms. The lowest BCUT2D eigenvalue weighted by Crippen LogP contribution is -2.18. The van der Waals surface area contributed by atoms with Crippen LogP contribution < -0.4 is 10.6 Å². The van der Waals surface area contributed by atoms with E-state index in [9.17, 15) is 9.59 Å². The Hall–Kier alpha value is -2.62. The van der Waals surface area contributed by atoms with Crippen LogP contribution in [-0.2, 0) is 4.79 Å². The smallest absolute Gasteiger partial charge is 0.255 e. The van der Waals surface area contributed by atoms with Crippen LogP contribution in [0.5, 0.6) is 0 Å². The maximum atomic E-state index is 12.3. The summed E-state index contributed by atoms with van der Waals surface area (Å²) in [6.45, 7) is 7.66. The second-order valence-electron chi connectivity index (χ2n) is 6.05. The van der Waals surface area contributed by atoms with Crippen LogP contribution in [0, 0.1) is 19.8 Å². The van der Waals surface area contributed by atoms with Crippen LogP contribution in [0.4, 0.5) is 11.4 Å². The third kappa shape index (κ3) is 4.68. The Balaban J connectivity index is 2.06. The Kier molecular flexibility index (Phi) is 5.16. The Morgan fingerprint density at radius 1 is 0.826 bits per heavy atom. The van der Waals surface area contributed by atoms with Gasteiger partial charge >= 0.3 is 0 Å². The minimum Gasteiger partial charge on any atom is -0.326 e. The van der Waals surface area contributed by atoms with Gasteiger partial charge in [0, 0.05) is 22.9 Å². The van der Waals surface area contributed by atoms with Gasteiger partial charge in [-0.25, -0.2) is 0 Å². The zero-order valence-corrected chi connectivity index (χ0v) is 13.9. The van der Waals surface area contributed by atoms with E-state index in [-0.39, 0.29) is 17.7 Å². The fraction of sp³-hybridized carbons (Fsp3) is 0.263. The van der Waals surface area contributed by atoms with Gasteiger partial charge in [-0.15, -0.1) is 0 Å². The van der Waals surface area contributed by atoms with E-state index in [0.29, 0.717) is 11.3 Å². The number of rotatable bonds is 4. The summed E-state index contributed by atoms with van der Waals surface area (Å²) < 4.78 is 0. The summed E-state index contributed by atoms with van der Waals surface area (Å²) in [6.07, 6.45) is 0. The minimum atomic E-state index is -0.170. The van der Waals surface area contributed by atoms with E-state index in [1.165, 1.54) is 0 Å². The molecule has 0 radical (unpaired) electrons. The largest absolute Gasteiger partial charge is 0.326 e. The van der Waals surface area contributed by atoms with Crippen LogP contribution in [0.3, 0.4) is 0 Å². The van der Waals surface area contributed by atoms with E-state index >= 15 is 0 Å². The van der Waals surface area contributed by atoms with Crippen LogP contribution in [0.2, 0.25) is 0 Å². The molecule has 2 aromatic carbocycles. The van der Waals surface area contributed by atoms with Gasteiger partial charge in [-0.05, 0) is 61.4 Å². The van der Waals surface area contributed by atoms with Crippen molar-refractivity contribution in [1.29, 1.82) is 0 Å². The zero-order valence-electron chi connectivity index (χ0n) is 13.9. The van der Waals surface area contributed by atoms with Crippen LogP contribution in [0.25, 0.3) is 0 Å². The molecule has 0 fully saturated rings. The SMILES string of the molecule is Cc1cc(C)cc(NC(=O)c2ccc(NC(=O)C(C)C)cc2)c1. The lowest BCUT2D eigenvalue weighted by atomic mass is 10.1. The van der Waals surface area contributed by atoms with Crippen molar-refractivity contribution < 1.29 is 9.59 Å². The average Bonchev–Trinajstić information content (AvgIpc) is 2.46. The molecule has 0 aromatic heterocycles. The first kappa shape index (κ1) is 16.7. The summed E-state index contributed by atoms with van der Waals surface area (Å²) in [5, 5.41) is 5.69. The number of nitrogens with one attached hydrogen (secondary N) is 2. The van der Waals surface area contributed by atoms with Crippen molar-refractivity contribution in [2.75, 3.05) is 10.6 Å². The van der Waals surface area contributed by atoms with Gasteiger partial charge in [0.25, 0.3) is 5.91 Å². The first-order valence-corrected chi connectivity index (χ1v) is 7.66. The van der Waals surface area contributed by atoms with E-state index in [1.807, 2.05) is 39.8 Å². The molecule has 2 N–H and O–H groups in total. The quantitative estimate of drug-likeness (QED) is 0.891. The molecule has 2 amide bonds. The van der Waals surface area contributed by atoms with Crippen LogP contribution in [0.1, 0.15) is 35.3 Å². The molecule has 2 aromatic rings. The molecule has 4 nitrogen and oxygen atoms in total. The lowest BCUT2D eigenvalue weighted by Gasteiger charge is -2.10. The molecular formula is C19H22N2O2. The minimum absolute atomic E-state index is 0.0440. The van der Waals surface area contributed by atoms with Gasteiger partial charge in [0.1, 0.15) is 0 Å². The summed E-state index contributed by atoms with van der Waals surface area (Å²) in [6, 6.07) is 12.8. The zero-order chi connectivity index (χ0) is 17.0. The summed E-state index contributed by atoms with van der Waals surface area (Å²) in [5.41, 5.74) is 4.22. The topological polar surface area (TPSA) is 58.2 Å². The van der Waals surface area contributed by atoms with Crippen molar-refractivity contribution in [3.63, 3.8) is 0 Å². The number of aryl methyl sites for hydroxylation is 2. The highest BCUT2D eigenvalue weighted by Crippen LogP contribution is 2.16. The molecule has 0 aliphatic rings. The fourth-order valence-corrected chi connectivity index (χ4v) is 2.24. The molecule has 120 valence electrons. The standard InChI is InChI=1S/C19H22N2O2/c1-12(2)18(22)20-16-7-5-15(6-8-16)19(23)21-17-10-13(3)9-14(4)11-17/h5-12H,1-4H3,(H,20,22)(H,21,23). The van der Waals surface area contributed by atoms with Gasteiger partial charge in [0.05, 0.1) is 0 Å². The van der Waals surface area contributed by atoms with Crippen molar-refractivity contribution in [3.8, 4) is 0 Å². The van der Waals surface area contributed by atoms with E-state index in [4.69, 9.17) is 0 Å². The molecule has 0 aliphatic carbocycles. The molecule has 0 aliphatic heterocycles. The number of carbonyl (C=O) groups excluding carboxylic acids is 2. The Bertz CT molecular complexity index is 698. The van der Waals surface area contributed by atoms with Crippen LogP contribution in [0.15, 0.2) is 42.5 Å². The molecule has 0 atom stereocenters. The summed E-state index contributed by atoms with van der Waals surface area (Å²) in [7, 11) is 0. The number of benzene rings is 2. The van der Waals surface area contributed by atoms with Gasteiger partial charge in [0.2, 0.25) is 5.91 Å². The van der Waals surface area contributed by atoms with E-state index in [1.54, 1.807) is 24.3 Å². The third-order valence-electron chi connectivity index (χ3n) is 3.42. The Morgan fingerprint density at radius 2 is 1.39 bits per heavy atom. The molecule has 0 saturated heterocycles. The van der Waals surface area contributed by atoms with Crippen molar-refractivity contribution >= 4 is 23.2 Å². The molecule has 23 heavy (non-hydrogen) atoms. The average molecular weight is 310 g/mol. The Morgan fingerprint density at radius 3 is 1.91 bits per heavy atom. The van der Waals surface area contributed by atoms with E-state index in [0.717, 1.165) is 16.8 Å². The molecule has 0 spiro atoms. The molecule has 0 saturated carbocycles. The second kappa shape index (κ2) is 7.09. The number of amides is 2. The molecule has 0 bridgehead atoms. The van der Waals surface area contributed by atoms with Crippen LogP contribution >= 0.6 is 0 Å². The summed E-state index contributed by atoms with van der Waals surface area (Å²) in [5.74, 6) is -0.295. The normalized spacial score (nSPS) is 10.5. The van der Waals surface area contributed by atoms with Crippen molar-refractivity contribution in [2.24, 2.45) is 5.92 Å². The highest BCUT2D eigenvalue weighted by Gasteiger charge is 2.09. The van der Waals surface area contributed by atoms with Gasteiger partial charge in [0.15, 0.2) is 0 Å². The van der Waals surface area contributed by atoms with E-state index < -0.39 is 0 Å². The van der Waals surface area contributed by atoms with Gasteiger partial charge in [-0.1, -0.05) is 19.9 Å². The van der Waals surface area contributed by atoms with Gasteiger partial charge in [-0.2, -0.15) is 0 Å². The van der Waals surface area contributed by atoms with Crippen molar-refractivity contribution in [2.45, 2.75) is 27.7 Å². The third-order valence-corrected chi connectivity index (χ3v) is 3.42. The van der Waals surface area contributed by atoms with Gasteiger partial charge in [-0.3, -0.25) is 9.59 Å². The molecule has 2 rings (SSSR count). The number of carbonyl (C=O) groups is 2. The predicted octanol–water partition coefficient (Wildman–Crippen LogP) is 4.15. The monoisotopic (exact) mass is 310 g/mol. The van der Waals surface area contributed by atoms with Crippen LogP contribution in [-0.4, -0.2) is 11.8 Å². The number of hydrogen-bond acceptors (Lipinski definition) is 2.